The number of amides is 1. The number of aliphatic imine (C=N–C) groups is 1. The van der Waals surface area contributed by atoms with Crippen molar-refractivity contribution >= 4 is 29.5 Å². The first-order chi connectivity index (χ1) is 19.2. The second-order valence-corrected chi connectivity index (χ2v) is 12.7. The number of carbonyl (C=O) groups excluding carboxylic acids is 1. The average Bonchev–Trinajstić information content (AvgIpc) is 3.21. The molecule has 1 fully saturated rings. The van der Waals surface area contributed by atoms with Crippen LogP contribution in [-0.2, 0) is 4.74 Å². The van der Waals surface area contributed by atoms with Crippen molar-refractivity contribution in [3.8, 4) is 11.8 Å². The number of ether oxygens (including phenoxy) is 1. The van der Waals surface area contributed by atoms with Crippen molar-refractivity contribution in [1.29, 1.82) is 0 Å². The number of piperidine rings is 1. The highest BCUT2D eigenvalue weighted by Crippen LogP contribution is 2.46. The number of hydrogen-bond acceptors (Lipinski definition) is 3. The Balaban J connectivity index is 1.42. The molecule has 1 aromatic rings. The summed E-state index contributed by atoms with van der Waals surface area (Å²) in [4.78, 5) is 19.1. The fraction of sp³-hybridized carbons (Fsp3) is 0.457. The van der Waals surface area contributed by atoms with Gasteiger partial charge in [-0.25, -0.2) is 4.79 Å². The SMILES string of the molecule is CC1=CCC(CCCC2=CC3=C(C=C=CC#C3)C(C3CCN(C(=O)OC(C)(C)C)CC3)c3ccc(Cl)cc32)C=N1. The number of fused-ring (bicyclic) bond motifs is 1. The molecular weight excluding hydrogens is 516 g/mol. The molecule has 1 aromatic carbocycles. The standard InChI is InChI=1S/C35H39ClN2O2/c1-24-13-14-25(23-37-24)9-8-11-28-21-27-10-6-5-7-12-30(27)33(31-16-15-29(36)22-32(28)31)26-17-19-38(20-18-26)34(39)40-35(2,3)4/h5,12-13,15-16,21-23,25-26,33H,8-9,11,14,17-20H2,1-4H3. The largest absolute Gasteiger partial charge is 0.444 e. The Morgan fingerprint density at radius 2 is 2.02 bits per heavy atom. The first-order valence-corrected chi connectivity index (χ1v) is 14.9. The van der Waals surface area contributed by atoms with E-state index in [2.05, 4.69) is 66.1 Å². The molecule has 2 aliphatic heterocycles. The molecule has 4 aliphatic rings. The highest BCUT2D eigenvalue weighted by molar-refractivity contribution is 6.30. The van der Waals surface area contributed by atoms with Crippen molar-refractivity contribution in [1.82, 2.24) is 4.90 Å². The van der Waals surface area contributed by atoms with Gasteiger partial charge in [0.2, 0.25) is 0 Å². The van der Waals surface area contributed by atoms with Crippen LogP contribution in [0.5, 0.6) is 0 Å². The lowest BCUT2D eigenvalue weighted by atomic mass is 9.73. The van der Waals surface area contributed by atoms with Gasteiger partial charge in [0.05, 0.1) is 0 Å². The van der Waals surface area contributed by atoms with Crippen LogP contribution in [-0.4, -0.2) is 35.9 Å². The van der Waals surface area contributed by atoms with Gasteiger partial charge in [0, 0.05) is 47.6 Å². The number of hydrogen-bond donors (Lipinski definition) is 0. The number of halogens is 1. The third-order valence-corrected chi connectivity index (χ3v) is 8.39. The molecule has 1 saturated heterocycles. The molecular formula is C35H39ClN2O2. The number of benzene rings is 1. The van der Waals surface area contributed by atoms with Crippen molar-refractivity contribution in [2.75, 3.05) is 13.1 Å². The van der Waals surface area contributed by atoms with E-state index in [1.807, 2.05) is 37.8 Å². The highest BCUT2D eigenvalue weighted by atomic mass is 35.5. The first kappa shape index (κ1) is 28.3. The zero-order valence-corrected chi connectivity index (χ0v) is 24.9. The van der Waals surface area contributed by atoms with E-state index in [0.29, 0.717) is 24.9 Å². The molecule has 0 bridgehead atoms. The van der Waals surface area contributed by atoms with Crippen molar-refractivity contribution < 1.29 is 9.53 Å². The van der Waals surface area contributed by atoms with E-state index >= 15 is 0 Å². The van der Waals surface area contributed by atoms with Crippen LogP contribution in [0.3, 0.4) is 0 Å². The molecule has 2 heterocycles. The predicted molar refractivity (Wildman–Crippen MR) is 164 cm³/mol. The Morgan fingerprint density at radius 3 is 2.75 bits per heavy atom. The second kappa shape index (κ2) is 12.1. The van der Waals surface area contributed by atoms with Gasteiger partial charge in [0.15, 0.2) is 0 Å². The fourth-order valence-corrected chi connectivity index (χ4v) is 6.35. The van der Waals surface area contributed by atoms with E-state index in [4.69, 9.17) is 16.3 Å². The quantitative estimate of drug-likeness (QED) is 0.270. The molecule has 208 valence electrons. The monoisotopic (exact) mass is 554 g/mol. The third-order valence-electron chi connectivity index (χ3n) is 8.15. The van der Waals surface area contributed by atoms with Crippen LogP contribution in [0.15, 0.2) is 70.1 Å². The minimum atomic E-state index is -0.495. The van der Waals surface area contributed by atoms with E-state index in [1.165, 1.54) is 22.3 Å². The first-order valence-electron chi connectivity index (χ1n) is 14.5. The van der Waals surface area contributed by atoms with E-state index in [-0.39, 0.29) is 12.0 Å². The molecule has 1 amide bonds. The maximum atomic E-state index is 12.8. The van der Waals surface area contributed by atoms with E-state index < -0.39 is 5.60 Å². The smallest absolute Gasteiger partial charge is 0.410 e. The molecule has 4 nitrogen and oxygen atoms in total. The van der Waals surface area contributed by atoms with Gasteiger partial charge in [0.25, 0.3) is 0 Å². The topological polar surface area (TPSA) is 41.9 Å². The van der Waals surface area contributed by atoms with Gasteiger partial charge in [-0.3, -0.25) is 4.99 Å². The van der Waals surface area contributed by atoms with Gasteiger partial charge in [0.1, 0.15) is 5.60 Å². The van der Waals surface area contributed by atoms with Gasteiger partial charge < -0.3 is 9.64 Å². The summed E-state index contributed by atoms with van der Waals surface area (Å²) in [5, 5.41) is 0.752. The van der Waals surface area contributed by atoms with Gasteiger partial charge in [-0.05, 0) is 125 Å². The van der Waals surface area contributed by atoms with Crippen LogP contribution in [0, 0.1) is 23.7 Å². The summed E-state index contributed by atoms with van der Waals surface area (Å²) >= 11 is 6.61. The molecule has 0 aromatic heterocycles. The zero-order valence-electron chi connectivity index (χ0n) is 24.1. The Bertz CT molecular complexity index is 1410. The molecule has 5 heteroatoms. The number of likely N-dealkylation sites (tertiary alicyclic amines) is 1. The van der Waals surface area contributed by atoms with E-state index in [1.54, 1.807) is 0 Å². The Labute approximate surface area is 244 Å². The number of nitrogens with zero attached hydrogens (tertiary/aromatic N) is 2. The number of rotatable bonds is 5. The summed E-state index contributed by atoms with van der Waals surface area (Å²) in [6.45, 7) is 9.17. The highest BCUT2D eigenvalue weighted by Gasteiger charge is 2.36. The van der Waals surface area contributed by atoms with Crippen molar-refractivity contribution in [2.45, 2.75) is 77.7 Å². The second-order valence-electron chi connectivity index (χ2n) is 12.3. The molecule has 0 N–H and O–H groups in total. The summed E-state index contributed by atoms with van der Waals surface area (Å²) in [6, 6.07) is 6.37. The third kappa shape index (κ3) is 6.72. The van der Waals surface area contributed by atoms with E-state index in [9.17, 15) is 4.79 Å². The summed E-state index contributed by atoms with van der Waals surface area (Å²) < 4.78 is 5.66. The lowest BCUT2D eigenvalue weighted by Gasteiger charge is -2.37. The molecule has 5 rings (SSSR count). The van der Waals surface area contributed by atoms with Crippen LogP contribution in [0.1, 0.15) is 83.3 Å². The van der Waals surface area contributed by atoms with Gasteiger partial charge in [-0.1, -0.05) is 35.6 Å². The number of allylic oxidation sites excluding steroid dienone is 7. The predicted octanol–water partition coefficient (Wildman–Crippen LogP) is 8.66. The molecule has 2 unspecified atom stereocenters. The van der Waals surface area contributed by atoms with Crippen LogP contribution >= 0.6 is 11.6 Å². The Morgan fingerprint density at radius 1 is 1.23 bits per heavy atom. The van der Waals surface area contributed by atoms with Crippen LogP contribution in [0.4, 0.5) is 4.79 Å². The van der Waals surface area contributed by atoms with Crippen molar-refractivity contribution in [2.24, 2.45) is 16.8 Å². The van der Waals surface area contributed by atoms with E-state index in [0.717, 1.165) is 54.8 Å². The summed E-state index contributed by atoms with van der Waals surface area (Å²) in [5.41, 5.74) is 10.0. The van der Waals surface area contributed by atoms with Gasteiger partial charge in [-0.15, -0.1) is 5.73 Å². The molecule has 0 saturated carbocycles. The van der Waals surface area contributed by atoms with Crippen LogP contribution in [0.25, 0.3) is 5.57 Å². The molecule has 40 heavy (non-hydrogen) atoms. The lowest BCUT2D eigenvalue weighted by Crippen LogP contribution is -2.42. The molecule has 0 spiro atoms. The summed E-state index contributed by atoms with van der Waals surface area (Å²) in [5.74, 6) is 7.62. The fourth-order valence-electron chi connectivity index (χ4n) is 6.17. The molecule has 2 atom stereocenters. The van der Waals surface area contributed by atoms with Gasteiger partial charge >= 0.3 is 6.09 Å². The molecule has 2 aliphatic carbocycles. The minimum absolute atomic E-state index is 0.156. The van der Waals surface area contributed by atoms with Crippen molar-refractivity contribution in [3.63, 3.8) is 0 Å². The number of carbonyl (C=O) groups is 1. The maximum Gasteiger partial charge on any atom is 0.410 e. The Kier molecular flexibility index (Phi) is 8.55. The van der Waals surface area contributed by atoms with Gasteiger partial charge in [-0.2, -0.15) is 0 Å². The average molecular weight is 555 g/mol. The summed E-state index contributed by atoms with van der Waals surface area (Å²) in [7, 11) is 0. The summed E-state index contributed by atoms with van der Waals surface area (Å²) in [6.07, 6.45) is 16.4. The minimum Gasteiger partial charge on any atom is -0.444 e. The normalized spacial score (nSPS) is 22.4. The zero-order chi connectivity index (χ0) is 28.3. The molecule has 0 radical (unpaired) electrons. The van der Waals surface area contributed by atoms with Crippen LogP contribution in [0.2, 0.25) is 5.02 Å². The maximum absolute atomic E-state index is 12.8. The Hall–Kier alpha value is -3.25. The lowest BCUT2D eigenvalue weighted by molar-refractivity contribution is 0.0178. The van der Waals surface area contributed by atoms with Crippen molar-refractivity contribution in [3.05, 3.63) is 81.2 Å². The van der Waals surface area contributed by atoms with Crippen LogP contribution < -0.4 is 0 Å².